The zero-order valence-corrected chi connectivity index (χ0v) is 12.3. The second-order valence-corrected chi connectivity index (χ2v) is 6.76. The highest BCUT2D eigenvalue weighted by Crippen LogP contribution is 2.33. The van der Waals surface area contributed by atoms with Gasteiger partial charge >= 0.3 is 0 Å². The zero-order chi connectivity index (χ0) is 13.1. The Morgan fingerprint density at radius 2 is 1.47 bits per heavy atom. The summed E-state index contributed by atoms with van der Waals surface area (Å²) in [7, 11) is 0. The molecule has 0 radical (unpaired) electrons. The van der Waals surface area contributed by atoms with Gasteiger partial charge in [0.2, 0.25) is 0 Å². The van der Waals surface area contributed by atoms with Gasteiger partial charge in [-0.05, 0) is 42.8 Å². The largest absolute Gasteiger partial charge is 0.140 e. The third-order valence-electron chi connectivity index (χ3n) is 2.85. The van der Waals surface area contributed by atoms with Crippen LogP contribution in [0.15, 0.2) is 54.6 Å². The molecule has 0 aliphatic heterocycles. The van der Waals surface area contributed by atoms with Crippen molar-refractivity contribution >= 4 is 34.8 Å². The van der Waals surface area contributed by atoms with Crippen molar-refractivity contribution in [2.24, 2.45) is 0 Å². The van der Waals surface area contributed by atoms with Crippen LogP contribution in [0, 0.1) is 6.92 Å². The van der Waals surface area contributed by atoms with Gasteiger partial charge in [0.15, 0.2) is 0 Å². The maximum absolute atomic E-state index is 2.21. The van der Waals surface area contributed by atoms with Crippen molar-refractivity contribution in [1.29, 1.82) is 0 Å². The summed E-state index contributed by atoms with van der Waals surface area (Å²) in [5, 5.41) is 0. The summed E-state index contributed by atoms with van der Waals surface area (Å²) < 4.78 is 0. The molecule has 3 rings (SSSR count). The Bertz CT molecular complexity index is 687. The Labute approximate surface area is 121 Å². The van der Waals surface area contributed by atoms with Crippen LogP contribution in [0.2, 0.25) is 0 Å². The van der Waals surface area contributed by atoms with E-state index >= 15 is 0 Å². The van der Waals surface area contributed by atoms with Crippen LogP contribution in [-0.4, -0.2) is 0 Å². The zero-order valence-electron chi connectivity index (χ0n) is 10.7. The van der Waals surface area contributed by atoms with Gasteiger partial charge < -0.3 is 0 Å². The van der Waals surface area contributed by atoms with Gasteiger partial charge in [-0.25, -0.2) is 0 Å². The molecule has 0 saturated heterocycles. The molecule has 2 aromatic heterocycles. The fraction of sp³-hybridized carbons (Fsp3) is 0.0588. The first-order valence-electron chi connectivity index (χ1n) is 6.21. The van der Waals surface area contributed by atoms with Gasteiger partial charge in [0.25, 0.3) is 0 Å². The Balaban J connectivity index is 1.80. The molecule has 0 aliphatic carbocycles. The molecule has 0 nitrogen and oxygen atoms in total. The summed E-state index contributed by atoms with van der Waals surface area (Å²) in [6.07, 6.45) is 4.35. The smallest absolute Gasteiger partial charge is 0.0449 e. The van der Waals surface area contributed by atoms with Gasteiger partial charge in [0, 0.05) is 19.5 Å². The van der Waals surface area contributed by atoms with Gasteiger partial charge in [-0.3, -0.25) is 0 Å². The minimum absolute atomic E-state index is 1.24. The molecular weight excluding hydrogens is 268 g/mol. The van der Waals surface area contributed by atoms with Crippen LogP contribution in [-0.2, 0) is 0 Å². The monoisotopic (exact) mass is 282 g/mol. The highest BCUT2D eigenvalue weighted by molar-refractivity contribution is 7.22. The molecule has 2 heterocycles. The summed E-state index contributed by atoms with van der Waals surface area (Å²) in [5.41, 5.74) is 1.24. The van der Waals surface area contributed by atoms with Crippen LogP contribution in [0.5, 0.6) is 0 Å². The van der Waals surface area contributed by atoms with Crippen LogP contribution < -0.4 is 0 Å². The second-order valence-electron chi connectivity index (χ2n) is 4.36. The Morgan fingerprint density at radius 3 is 2.21 bits per heavy atom. The predicted molar refractivity (Wildman–Crippen MR) is 87.7 cm³/mol. The predicted octanol–water partition coefficient (Wildman–Crippen LogP) is 5.96. The molecule has 1 aromatic carbocycles. The normalized spacial score (nSPS) is 11.2. The van der Waals surface area contributed by atoms with E-state index in [9.17, 15) is 0 Å². The highest BCUT2D eigenvalue weighted by Gasteiger charge is 2.03. The van der Waals surface area contributed by atoms with E-state index < -0.39 is 0 Å². The molecule has 0 aliphatic rings. The molecule has 3 aromatic rings. The van der Waals surface area contributed by atoms with Gasteiger partial charge in [0.1, 0.15) is 0 Å². The molecule has 0 saturated carbocycles. The van der Waals surface area contributed by atoms with Crippen molar-refractivity contribution in [3.63, 3.8) is 0 Å². The lowest BCUT2D eigenvalue weighted by atomic mass is 10.2. The van der Waals surface area contributed by atoms with Gasteiger partial charge in [-0.1, -0.05) is 36.4 Å². The summed E-state index contributed by atoms with van der Waals surface area (Å²) in [5.74, 6) is 0. The Kier molecular flexibility index (Phi) is 3.62. The van der Waals surface area contributed by atoms with E-state index in [0.717, 1.165) is 0 Å². The average molecular weight is 282 g/mol. The lowest BCUT2D eigenvalue weighted by molar-refractivity contribution is 1.64. The Morgan fingerprint density at radius 1 is 0.737 bits per heavy atom. The molecule has 0 spiro atoms. The molecule has 0 amide bonds. The number of benzene rings is 1. The first-order valence-corrected chi connectivity index (χ1v) is 7.84. The van der Waals surface area contributed by atoms with E-state index in [4.69, 9.17) is 0 Å². The van der Waals surface area contributed by atoms with Crippen molar-refractivity contribution in [2.45, 2.75) is 6.92 Å². The minimum atomic E-state index is 1.24. The van der Waals surface area contributed by atoms with Gasteiger partial charge in [-0.15, -0.1) is 22.7 Å². The van der Waals surface area contributed by atoms with E-state index in [1.54, 1.807) is 0 Å². The molecule has 0 atom stereocenters. The van der Waals surface area contributed by atoms with Crippen molar-refractivity contribution in [3.05, 3.63) is 69.9 Å². The van der Waals surface area contributed by atoms with Crippen LogP contribution in [0.4, 0.5) is 0 Å². The minimum Gasteiger partial charge on any atom is -0.140 e. The molecule has 19 heavy (non-hydrogen) atoms. The number of hydrogen-bond donors (Lipinski definition) is 0. The standard InChI is InChI=1S/C17H14S2/c1-13-7-11-16(18-13)17-12-10-15(19-17)9-8-14-5-3-2-4-6-14/h2-12H,1H3. The number of thiophene rings is 2. The number of hydrogen-bond acceptors (Lipinski definition) is 2. The quantitative estimate of drug-likeness (QED) is 0.556. The summed E-state index contributed by atoms with van der Waals surface area (Å²) in [4.78, 5) is 5.38. The summed E-state index contributed by atoms with van der Waals surface area (Å²) in [6, 6.07) is 19.2. The lowest BCUT2D eigenvalue weighted by Crippen LogP contribution is -1.67. The third-order valence-corrected chi connectivity index (χ3v) is 5.10. The fourth-order valence-corrected chi connectivity index (χ4v) is 3.75. The second kappa shape index (κ2) is 5.55. The molecule has 94 valence electrons. The number of aryl methyl sites for hydroxylation is 1. The summed E-state index contributed by atoms with van der Waals surface area (Å²) in [6.45, 7) is 2.15. The van der Waals surface area contributed by atoms with Crippen LogP contribution in [0.25, 0.3) is 21.9 Å². The van der Waals surface area contributed by atoms with Crippen LogP contribution in [0.1, 0.15) is 15.3 Å². The molecule has 0 N–H and O–H groups in total. The van der Waals surface area contributed by atoms with Gasteiger partial charge in [0.05, 0.1) is 0 Å². The van der Waals surface area contributed by atoms with E-state index in [2.05, 4.69) is 67.6 Å². The fourth-order valence-electron chi connectivity index (χ4n) is 1.88. The topological polar surface area (TPSA) is 0 Å². The SMILES string of the molecule is Cc1ccc(-c2ccc(C=Cc3ccccc3)s2)s1. The van der Waals surface area contributed by atoms with Crippen molar-refractivity contribution in [2.75, 3.05) is 0 Å². The van der Waals surface area contributed by atoms with Crippen LogP contribution >= 0.6 is 22.7 Å². The van der Waals surface area contributed by atoms with E-state index in [0.29, 0.717) is 0 Å². The van der Waals surface area contributed by atoms with E-state index in [1.165, 1.54) is 25.1 Å². The van der Waals surface area contributed by atoms with Crippen LogP contribution in [0.3, 0.4) is 0 Å². The number of rotatable bonds is 3. The molecular formula is C17H14S2. The first-order chi connectivity index (χ1) is 9.31. The summed E-state index contributed by atoms with van der Waals surface area (Å²) >= 11 is 3.70. The average Bonchev–Trinajstić information content (AvgIpc) is 3.06. The molecule has 0 bridgehead atoms. The lowest BCUT2D eigenvalue weighted by Gasteiger charge is -1.90. The highest BCUT2D eigenvalue weighted by atomic mass is 32.1. The first kappa shape index (κ1) is 12.4. The van der Waals surface area contributed by atoms with Crippen molar-refractivity contribution in [3.8, 4) is 9.75 Å². The van der Waals surface area contributed by atoms with Gasteiger partial charge in [-0.2, -0.15) is 0 Å². The van der Waals surface area contributed by atoms with Crippen molar-refractivity contribution < 1.29 is 0 Å². The molecule has 0 fully saturated rings. The van der Waals surface area contributed by atoms with Crippen molar-refractivity contribution in [1.82, 2.24) is 0 Å². The molecule has 0 unspecified atom stereocenters. The van der Waals surface area contributed by atoms with E-state index in [1.807, 2.05) is 28.7 Å². The maximum atomic E-state index is 2.21. The molecule has 2 heteroatoms. The maximum Gasteiger partial charge on any atom is 0.0449 e. The Hall–Kier alpha value is -1.64. The van der Waals surface area contributed by atoms with E-state index in [-0.39, 0.29) is 0 Å². The third kappa shape index (κ3) is 3.03.